The fourth-order valence-corrected chi connectivity index (χ4v) is 2.29. The number of allylic oxidation sites excluding steroid dienone is 2. The van der Waals surface area contributed by atoms with Crippen LogP contribution in [-0.4, -0.2) is 13.7 Å². The lowest BCUT2D eigenvalue weighted by molar-refractivity contribution is 0.190. The van der Waals surface area contributed by atoms with Crippen molar-refractivity contribution >= 4 is 5.57 Å². The van der Waals surface area contributed by atoms with Gasteiger partial charge in [0.1, 0.15) is 0 Å². The Morgan fingerprint density at radius 1 is 1.16 bits per heavy atom. The van der Waals surface area contributed by atoms with Crippen molar-refractivity contribution in [3.8, 4) is 0 Å². The molecule has 0 N–H and O–H groups in total. The maximum atomic E-state index is 5.26. The lowest BCUT2D eigenvalue weighted by Crippen LogP contribution is -2.03. The van der Waals surface area contributed by atoms with E-state index in [0.717, 1.165) is 0 Å². The van der Waals surface area contributed by atoms with Crippen LogP contribution in [0.25, 0.3) is 5.57 Å². The van der Waals surface area contributed by atoms with Crippen molar-refractivity contribution < 1.29 is 4.74 Å². The van der Waals surface area contributed by atoms with E-state index < -0.39 is 0 Å². The van der Waals surface area contributed by atoms with Gasteiger partial charge < -0.3 is 4.74 Å². The summed E-state index contributed by atoms with van der Waals surface area (Å²) in [6.07, 6.45) is 2.14. The zero-order chi connectivity index (χ0) is 14.8. The molecule has 2 rings (SSSR count). The molecule has 1 aliphatic carbocycles. The van der Waals surface area contributed by atoms with Gasteiger partial charge in [-0.2, -0.15) is 0 Å². The number of hydrogen-bond donors (Lipinski definition) is 0. The van der Waals surface area contributed by atoms with E-state index in [1.54, 1.807) is 7.11 Å². The van der Waals surface area contributed by atoms with E-state index in [0.29, 0.717) is 12.5 Å². The zero-order valence-corrected chi connectivity index (χ0v) is 13.3. The van der Waals surface area contributed by atoms with Crippen LogP contribution in [0.1, 0.15) is 51.7 Å². The van der Waals surface area contributed by atoms with Crippen LogP contribution in [0.2, 0.25) is 0 Å². The molecular formula is C18H28O. The summed E-state index contributed by atoms with van der Waals surface area (Å²) in [7, 11) is 1.74. The third-order valence-electron chi connectivity index (χ3n) is 3.01. The van der Waals surface area contributed by atoms with Crippen LogP contribution < -0.4 is 0 Å². The first-order valence-electron chi connectivity index (χ1n) is 7.23. The highest BCUT2D eigenvalue weighted by atomic mass is 16.5. The van der Waals surface area contributed by atoms with Crippen molar-refractivity contribution in [2.45, 2.75) is 40.5 Å². The summed E-state index contributed by atoms with van der Waals surface area (Å²) in [5.74, 6) is 0.331. The van der Waals surface area contributed by atoms with E-state index in [2.05, 4.69) is 43.8 Å². The lowest BCUT2D eigenvalue weighted by atomic mass is 9.99. The summed E-state index contributed by atoms with van der Waals surface area (Å²) in [4.78, 5) is 0. The molecule has 0 amide bonds. The average Bonchev–Trinajstić information content (AvgIpc) is 2.76. The first kappa shape index (κ1) is 17.7. The molecule has 0 saturated heterocycles. The minimum absolute atomic E-state index is 0.331. The topological polar surface area (TPSA) is 9.23 Å². The molecule has 0 fully saturated rings. The number of benzene rings is 1. The van der Waals surface area contributed by atoms with Crippen LogP contribution in [0, 0.1) is 0 Å². The van der Waals surface area contributed by atoms with Crippen molar-refractivity contribution in [2.75, 3.05) is 13.7 Å². The predicted molar refractivity (Wildman–Crippen MR) is 86.5 cm³/mol. The number of rotatable bonds is 2. The molecule has 0 bridgehead atoms. The Kier molecular flexibility index (Phi) is 8.90. The summed E-state index contributed by atoms with van der Waals surface area (Å²) < 4.78 is 5.26. The summed E-state index contributed by atoms with van der Waals surface area (Å²) in [5, 5.41) is 0. The molecule has 19 heavy (non-hydrogen) atoms. The molecule has 1 atom stereocenters. The minimum atomic E-state index is 0.331. The zero-order valence-electron chi connectivity index (χ0n) is 13.3. The van der Waals surface area contributed by atoms with E-state index in [9.17, 15) is 0 Å². The summed E-state index contributed by atoms with van der Waals surface area (Å²) in [6, 6.07) is 8.48. The van der Waals surface area contributed by atoms with Gasteiger partial charge in [-0.15, -0.1) is 0 Å². The lowest BCUT2D eigenvalue weighted by Gasteiger charge is -2.10. The molecule has 0 spiro atoms. The molecule has 1 nitrogen and oxygen atoms in total. The van der Waals surface area contributed by atoms with Crippen LogP contribution in [0.5, 0.6) is 0 Å². The number of methoxy groups -OCH3 is 1. The van der Waals surface area contributed by atoms with Gasteiger partial charge in [-0.25, -0.2) is 0 Å². The average molecular weight is 260 g/mol. The monoisotopic (exact) mass is 260 g/mol. The van der Waals surface area contributed by atoms with E-state index >= 15 is 0 Å². The largest absolute Gasteiger partial charge is 0.384 e. The molecule has 1 aromatic carbocycles. The van der Waals surface area contributed by atoms with Crippen molar-refractivity contribution in [1.82, 2.24) is 0 Å². The van der Waals surface area contributed by atoms with Crippen LogP contribution >= 0.6 is 0 Å². The van der Waals surface area contributed by atoms with Crippen molar-refractivity contribution in [1.29, 1.82) is 0 Å². The van der Waals surface area contributed by atoms with Crippen LogP contribution in [0.15, 0.2) is 42.5 Å². The Labute approximate surface area is 119 Å². The Hall–Kier alpha value is -1.34. The molecule has 1 aromatic rings. The Balaban J connectivity index is 0.000000741. The van der Waals surface area contributed by atoms with Gasteiger partial charge in [-0.1, -0.05) is 64.6 Å². The fourth-order valence-electron chi connectivity index (χ4n) is 2.29. The van der Waals surface area contributed by atoms with Gasteiger partial charge in [0.25, 0.3) is 0 Å². The highest BCUT2D eigenvalue weighted by molar-refractivity contribution is 5.87. The third-order valence-corrected chi connectivity index (χ3v) is 3.01. The second kappa shape index (κ2) is 9.57. The SMILES string of the molecule is C=C1/C(=C\C)c2ccccc2C1COC.CC.CC. The first-order valence-corrected chi connectivity index (χ1v) is 7.23. The quantitative estimate of drug-likeness (QED) is 0.687. The Morgan fingerprint density at radius 2 is 1.74 bits per heavy atom. The fraction of sp³-hybridized carbons (Fsp3) is 0.444. The highest BCUT2D eigenvalue weighted by Gasteiger charge is 2.28. The van der Waals surface area contributed by atoms with Crippen molar-refractivity contribution in [3.63, 3.8) is 0 Å². The van der Waals surface area contributed by atoms with E-state index in [-0.39, 0.29) is 0 Å². The van der Waals surface area contributed by atoms with Gasteiger partial charge in [-0.05, 0) is 29.2 Å². The van der Waals surface area contributed by atoms with Crippen LogP contribution in [0.4, 0.5) is 0 Å². The van der Waals surface area contributed by atoms with E-state index in [1.807, 2.05) is 27.7 Å². The van der Waals surface area contributed by atoms with Gasteiger partial charge >= 0.3 is 0 Å². The van der Waals surface area contributed by atoms with Crippen LogP contribution in [-0.2, 0) is 4.74 Å². The van der Waals surface area contributed by atoms with Gasteiger partial charge in [0.05, 0.1) is 6.61 Å². The number of hydrogen-bond acceptors (Lipinski definition) is 1. The van der Waals surface area contributed by atoms with Crippen LogP contribution in [0.3, 0.4) is 0 Å². The second-order valence-electron chi connectivity index (χ2n) is 3.82. The first-order chi connectivity index (χ1) is 9.29. The van der Waals surface area contributed by atoms with Gasteiger partial charge in [0.2, 0.25) is 0 Å². The van der Waals surface area contributed by atoms with Gasteiger partial charge in [0, 0.05) is 13.0 Å². The molecule has 0 heterocycles. The Bertz CT molecular complexity index is 415. The van der Waals surface area contributed by atoms with Gasteiger partial charge in [0.15, 0.2) is 0 Å². The van der Waals surface area contributed by atoms with E-state index in [4.69, 9.17) is 4.74 Å². The Morgan fingerprint density at radius 3 is 2.26 bits per heavy atom. The molecule has 0 radical (unpaired) electrons. The van der Waals surface area contributed by atoms with Crippen molar-refractivity contribution in [2.24, 2.45) is 0 Å². The predicted octanol–water partition coefficient (Wildman–Crippen LogP) is 5.44. The normalized spacial score (nSPS) is 18.1. The summed E-state index contributed by atoms with van der Waals surface area (Å²) in [5.41, 5.74) is 5.11. The van der Waals surface area contributed by atoms with Crippen molar-refractivity contribution in [3.05, 3.63) is 53.6 Å². The molecular weight excluding hydrogens is 232 g/mol. The van der Waals surface area contributed by atoms with Gasteiger partial charge in [-0.3, -0.25) is 0 Å². The summed E-state index contributed by atoms with van der Waals surface area (Å²) >= 11 is 0. The molecule has 106 valence electrons. The smallest absolute Gasteiger partial charge is 0.0571 e. The molecule has 0 aromatic heterocycles. The maximum Gasteiger partial charge on any atom is 0.0571 e. The minimum Gasteiger partial charge on any atom is -0.384 e. The third kappa shape index (κ3) is 3.81. The van der Waals surface area contributed by atoms with E-state index in [1.165, 1.54) is 22.3 Å². The highest BCUT2D eigenvalue weighted by Crippen LogP contribution is 2.44. The second-order valence-corrected chi connectivity index (χ2v) is 3.82. The maximum absolute atomic E-state index is 5.26. The molecule has 1 aliphatic rings. The molecule has 1 unspecified atom stereocenters. The molecule has 1 heteroatoms. The number of fused-ring (bicyclic) bond motifs is 1. The summed E-state index contributed by atoms with van der Waals surface area (Å²) in [6.45, 7) is 15.0. The standard InChI is InChI=1S/C14H16O.2C2H6/c1-4-11-10(2)14(9-15-3)13-8-6-5-7-12(11)13;2*1-2/h4-8,14H,2,9H2,1,3H3;2*1-2H3/b11-4+;;. The molecule has 0 aliphatic heterocycles. The molecule has 0 saturated carbocycles. The number of ether oxygens (including phenoxy) is 1.